The van der Waals surface area contributed by atoms with Crippen LogP contribution in [0, 0.1) is 5.92 Å². The maximum absolute atomic E-state index is 11.9. The number of rotatable bonds is 3. The van der Waals surface area contributed by atoms with Crippen LogP contribution in [0.3, 0.4) is 0 Å². The van der Waals surface area contributed by atoms with Crippen molar-refractivity contribution in [3.63, 3.8) is 0 Å². The smallest absolute Gasteiger partial charge is 0.223 e. The van der Waals surface area contributed by atoms with Gasteiger partial charge in [0.1, 0.15) is 0 Å². The lowest BCUT2D eigenvalue weighted by molar-refractivity contribution is -0.126. The molecule has 1 aliphatic rings. The number of piperidine rings is 1. The van der Waals surface area contributed by atoms with Gasteiger partial charge in [-0.25, -0.2) is 0 Å². The topological polar surface area (TPSA) is 41.1 Å². The van der Waals surface area contributed by atoms with E-state index in [2.05, 4.69) is 23.6 Å². The summed E-state index contributed by atoms with van der Waals surface area (Å²) in [6, 6.07) is 4.53. The third kappa shape index (κ3) is 4.30. The van der Waals surface area contributed by atoms with E-state index in [1.54, 1.807) is 11.3 Å². The molecule has 1 aromatic rings. The number of nitrogens with one attached hydrogen (secondary N) is 2. The normalized spacial score (nSPS) is 23.8. The summed E-state index contributed by atoms with van der Waals surface area (Å²) in [6.07, 6.45) is 1.91. The SMILES string of the molecule is C[C@H]1C[C@@H](C(=O)NCc2cccs2)CCN1.Cl. The first-order valence-corrected chi connectivity index (χ1v) is 6.67. The summed E-state index contributed by atoms with van der Waals surface area (Å²) in [5, 5.41) is 8.41. The van der Waals surface area contributed by atoms with Gasteiger partial charge in [-0.15, -0.1) is 23.7 Å². The maximum atomic E-state index is 11.9. The number of amides is 1. The van der Waals surface area contributed by atoms with Gasteiger partial charge in [-0.2, -0.15) is 0 Å². The first-order chi connectivity index (χ1) is 7.75. The van der Waals surface area contributed by atoms with Crippen LogP contribution in [0.1, 0.15) is 24.6 Å². The van der Waals surface area contributed by atoms with Gasteiger partial charge in [0.05, 0.1) is 6.54 Å². The van der Waals surface area contributed by atoms with Gasteiger partial charge < -0.3 is 10.6 Å². The number of carbonyl (C=O) groups is 1. The van der Waals surface area contributed by atoms with Gasteiger partial charge in [0.25, 0.3) is 0 Å². The van der Waals surface area contributed by atoms with E-state index in [4.69, 9.17) is 0 Å². The van der Waals surface area contributed by atoms with Crippen LogP contribution in [-0.4, -0.2) is 18.5 Å². The third-order valence-electron chi connectivity index (χ3n) is 3.01. The molecule has 2 rings (SSSR count). The van der Waals surface area contributed by atoms with Crippen LogP contribution in [0.25, 0.3) is 0 Å². The third-order valence-corrected chi connectivity index (χ3v) is 3.89. The van der Waals surface area contributed by atoms with E-state index in [0.29, 0.717) is 12.6 Å². The summed E-state index contributed by atoms with van der Waals surface area (Å²) in [5.41, 5.74) is 0. The maximum Gasteiger partial charge on any atom is 0.223 e. The highest BCUT2D eigenvalue weighted by Gasteiger charge is 2.24. The van der Waals surface area contributed by atoms with Gasteiger partial charge >= 0.3 is 0 Å². The molecule has 0 aromatic carbocycles. The standard InChI is InChI=1S/C12H18N2OS.ClH/c1-9-7-10(4-5-13-9)12(15)14-8-11-3-2-6-16-11;/h2-3,6,9-10,13H,4-5,7-8H2,1H3,(H,14,15);1H/t9-,10-;/m0./s1. The molecule has 2 N–H and O–H groups in total. The largest absolute Gasteiger partial charge is 0.351 e. The van der Waals surface area contributed by atoms with E-state index < -0.39 is 0 Å². The lowest BCUT2D eigenvalue weighted by Gasteiger charge is -2.27. The van der Waals surface area contributed by atoms with Crippen LogP contribution in [0.15, 0.2) is 17.5 Å². The lowest BCUT2D eigenvalue weighted by Crippen LogP contribution is -2.42. The zero-order chi connectivity index (χ0) is 11.4. The first kappa shape index (κ1) is 14.5. The Bertz CT molecular complexity index is 342. The van der Waals surface area contributed by atoms with E-state index in [-0.39, 0.29) is 24.2 Å². The molecule has 17 heavy (non-hydrogen) atoms. The second kappa shape index (κ2) is 6.99. The molecule has 96 valence electrons. The Kier molecular flexibility index (Phi) is 5.95. The fourth-order valence-corrected chi connectivity index (χ4v) is 2.75. The summed E-state index contributed by atoms with van der Waals surface area (Å²) in [7, 11) is 0. The van der Waals surface area contributed by atoms with Gasteiger partial charge in [-0.3, -0.25) is 4.79 Å². The molecule has 2 heterocycles. The molecule has 0 radical (unpaired) electrons. The monoisotopic (exact) mass is 274 g/mol. The summed E-state index contributed by atoms with van der Waals surface area (Å²) in [5.74, 6) is 0.401. The Balaban J connectivity index is 0.00000144. The zero-order valence-corrected chi connectivity index (χ0v) is 11.6. The van der Waals surface area contributed by atoms with Crippen molar-refractivity contribution in [2.24, 2.45) is 5.92 Å². The molecule has 1 aromatic heterocycles. The number of hydrogen-bond donors (Lipinski definition) is 2. The average molecular weight is 275 g/mol. The van der Waals surface area contributed by atoms with Gasteiger partial charge in [-0.05, 0) is 37.8 Å². The minimum Gasteiger partial charge on any atom is -0.351 e. The Morgan fingerprint density at radius 3 is 3.12 bits per heavy atom. The van der Waals surface area contributed by atoms with Crippen molar-refractivity contribution in [3.05, 3.63) is 22.4 Å². The molecular weight excluding hydrogens is 256 g/mol. The Labute approximate surface area is 112 Å². The van der Waals surface area contributed by atoms with E-state index in [9.17, 15) is 4.79 Å². The Morgan fingerprint density at radius 2 is 2.47 bits per heavy atom. The molecule has 1 amide bonds. The van der Waals surface area contributed by atoms with Gasteiger partial charge in [0, 0.05) is 16.8 Å². The number of halogens is 1. The van der Waals surface area contributed by atoms with Crippen LogP contribution in [0.2, 0.25) is 0 Å². The van der Waals surface area contributed by atoms with Crippen LogP contribution in [0.5, 0.6) is 0 Å². The molecule has 5 heteroatoms. The van der Waals surface area contributed by atoms with Crippen molar-refractivity contribution in [1.82, 2.24) is 10.6 Å². The Morgan fingerprint density at radius 1 is 1.65 bits per heavy atom. The van der Waals surface area contributed by atoms with E-state index in [0.717, 1.165) is 19.4 Å². The molecule has 0 saturated carbocycles. The lowest BCUT2D eigenvalue weighted by atomic mass is 9.92. The van der Waals surface area contributed by atoms with Crippen molar-refractivity contribution in [3.8, 4) is 0 Å². The van der Waals surface area contributed by atoms with E-state index in [1.165, 1.54) is 4.88 Å². The second-order valence-corrected chi connectivity index (χ2v) is 5.41. The quantitative estimate of drug-likeness (QED) is 0.887. The molecule has 2 atom stereocenters. The van der Waals surface area contributed by atoms with Gasteiger partial charge in [-0.1, -0.05) is 6.07 Å². The zero-order valence-electron chi connectivity index (χ0n) is 9.94. The van der Waals surface area contributed by atoms with Crippen LogP contribution in [-0.2, 0) is 11.3 Å². The number of thiophene rings is 1. The van der Waals surface area contributed by atoms with Gasteiger partial charge in [0.15, 0.2) is 0 Å². The fraction of sp³-hybridized carbons (Fsp3) is 0.583. The van der Waals surface area contributed by atoms with Crippen LogP contribution >= 0.6 is 23.7 Å². The summed E-state index contributed by atoms with van der Waals surface area (Å²) in [6.45, 7) is 3.77. The van der Waals surface area contributed by atoms with Gasteiger partial charge in [0.2, 0.25) is 5.91 Å². The molecule has 0 spiro atoms. The Hall–Kier alpha value is -0.580. The fourth-order valence-electron chi connectivity index (χ4n) is 2.10. The minimum atomic E-state index is 0. The second-order valence-electron chi connectivity index (χ2n) is 4.37. The molecule has 1 aliphatic heterocycles. The van der Waals surface area contributed by atoms with Crippen molar-refractivity contribution >= 4 is 29.7 Å². The predicted octanol–water partition coefficient (Wildman–Crippen LogP) is 2.17. The average Bonchev–Trinajstić information content (AvgIpc) is 2.78. The molecule has 0 unspecified atom stereocenters. The molecular formula is C12H19ClN2OS. The van der Waals surface area contributed by atoms with Crippen LogP contribution < -0.4 is 10.6 Å². The highest BCUT2D eigenvalue weighted by atomic mass is 35.5. The van der Waals surface area contributed by atoms with E-state index in [1.807, 2.05) is 11.4 Å². The summed E-state index contributed by atoms with van der Waals surface area (Å²) >= 11 is 1.69. The van der Waals surface area contributed by atoms with Crippen molar-refractivity contribution in [2.45, 2.75) is 32.4 Å². The summed E-state index contributed by atoms with van der Waals surface area (Å²) in [4.78, 5) is 13.1. The van der Waals surface area contributed by atoms with Crippen molar-refractivity contribution in [1.29, 1.82) is 0 Å². The molecule has 0 bridgehead atoms. The first-order valence-electron chi connectivity index (χ1n) is 5.79. The molecule has 0 aliphatic carbocycles. The summed E-state index contributed by atoms with van der Waals surface area (Å²) < 4.78 is 0. The van der Waals surface area contributed by atoms with E-state index >= 15 is 0 Å². The van der Waals surface area contributed by atoms with Crippen molar-refractivity contribution in [2.75, 3.05) is 6.54 Å². The minimum absolute atomic E-state index is 0. The van der Waals surface area contributed by atoms with Crippen molar-refractivity contribution < 1.29 is 4.79 Å². The number of carbonyl (C=O) groups excluding carboxylic acids is 1. The number of hydrogen-bond acceptors (Lipinski definition) is 3. The highest BCUT2D eigenvalue weighted by Crippen LogP contribution is 2.16. The van der Waals surface area contributed by atoms with Crippen LogP contribution in [0.4, 0.5) is 0 Å². The highest BCUT2D eigenvalue weighted by molar-refractivity contribution is 7.09. The molecule has 1 saturated heterocycles. The predicted molar refractivity (Wildman–Crippen MR) is 73.6 cm³/mol. The molecule has 3 nitrogen and oxygen atoms in total. The molecule has 1 fully saturated rings.